The highest BCUT2D eigenvalue weighted by Gasteiger charge is 2.18. The Hall–Kier alpha value is -0.780. The summed E-state index contributed by atoms with van der Waals surface area (Å²) < 4.78 is 12.1. The lowest BCUT2D eigenvalue weighted by molar-refractivity contribution is 0.250. The van der Waals surface area contributed by atoms with Crippen LogP contribution in [-0.4, -0.2) is 32.0 Å². The Morgan fingerprint density at radius 3 is 2.88 bits per heavy atom. The van der Waals surface area contributed by atoms with Crippen LogP contribution < -0.4 is 14.8 Å². The maximum atomic E-state index is 9.28. The van der Waals surface area contributed by atoms with Crippen molar-refractivity contribution >= 4 is 15.9 Å². The topological polar surface area (TPSA) is 50.7 Å². The summed E-state index contributed by atoms with van der Waals surface area (Å²) in [6.45, 7) is 1.37. The first-order valence-electron chi connectivity index (χ1n) is 5.63. The SMILES string of the molecule is CNC(CO)c1cc(Br)c2c(c1)OCCCO2. The van der Waals surface area contributed by atoms with E-state index in [0.29, 0.717) is 13.2 Å². The van der Waals surface area contributed by atoms with Crippen molar-refractivity contribution in [1.29, 1.82) is 0 Å². The molecule has 0 fully saturated rings. The first kappa shape index (κ1) is 12.7. The molecule has 4 nitrogen and oxygen atoms in total. The number of benzene rings is 1. The van der Waals surface area contributed by atoms with Gasteiger partial charge >= 0.3 is 0 Å². The second-order valence-electron chi connectivity index (χ2n) is 3.90. The smallest absolute Gasteiger partial charge is 0.175 e. The zero-order valence-corrected chi connectivity index (χ0v) is 11.3. The molecular weight excluding hydrogens is 286 g/mol. The molecule has 0 aromatic heterocycles. The van der Waals surface area contributed by atoms with Crippen molar-refractivity contribution in [2.24, 2.45) is 0 Å². The molecule has 1 aliphatic heterocycles. The number of aliphatic hydroxyl groups excluding tert-OH is 1. The number of halogens is 1. The molecule has 1 aromatic carbocycles. The quantitative estimate of drug-likeness (QED) is 0.895. The summed E-state index contributed by atoms with van der Waals surface area (Å²) in [6, 6.07) is 3.77. The molecule has 17 heavy (non-hydrogen) atoms. The Balaban J connectivity index is 2.38. The molecule has 0 aliphatic carbocycles. The van der Waals surface area contributed by atoms with Crippen LogP contribution in [0.5, 0.6) is 11.5 Å². The standard InChI is InChI=1S/C12H16BrNO3/c1-14-10(7-15)8-5-9(13)12-11(6-8)16-3-2-4-17-12/h5-6,10,14-15H,2-4,7H2,1H3. The fourth-order valence-corrected chi connectivity index (χ4v) is 2.39. The van der Waals surface area contributed by atoms with Crippen LogP contribution in [0.1, 0.15) is 18.0 Å². The highest BCUT2D eigenvalue weighted by atomic mass is 79.9. The van der Waals surface area contributed by atoms with Gasteiger partial charge in [0.25, 0.3) is 0 Å². The summed E-state index contributed by atoms with van der Waals surface area (Å²) in [5, 5.41) is 12.3. The fourth-order valence-electron chi connectivity index (χ4n) is 1.82. The number of likely N-dealkylation sites (N-methyl/N-ethyl adjacent to an activating group) is 1. The minimum Gasteiger partial charge on any atom is -0.490 e. The third-order valence-corrected chi connectivity index (χ3v) is 3.35. The van der Waals surface area contributed by atoms with Crippen LogP contribution in [0, 0.1) is 0 Å². The minimum atomic E-state index is -0.0940. The molecule has 0 bridgehead atoms. The third-order valence-electron chi connectivity index (χ3n) is 2.76. The summed E-state index contributed by atoms with van der Waals surface area (Å²) in [6.07, 6.45) is 0.881. The summed E-state index contributed by atoms with van der Waals surface area (Å²) in [5.41, 5.74) is 0.978. The minimum absolute atomic E-state index is 0.0442. The molecule has 2 N–H and O–H groups in total. The molecule has 0 saturated heterocycles. The lowest BCUT2D eigenvalue weighted by Gasteiger charge is -2.17. The molecule has 94 valence electrons. The van der Waals surface area contributed by atoms with Gasteiger partial charge in [0.2, 0.25) is 0 Å². The first-order chi connectivity index (χ1) is 8.26. The van der Waals surface area contributed by atoms with Crippen LogP contribution in [-0.2, 0) is 0 Å². The van der Waals surface area contributed by atoms with Crippen LogP contribution >= 0.6 is 15.9 Å². The van der Waals surface area contributed by atoms with E-state index in [2.05, 4.69) is 21.2 Å². The molecule has 1 heterocycles. The van der Waals surface area contributed by atoms with E-state index in [9.17, 15) is 5.11 Å². The zero-order chi connectivity index (χ0) is 12.3. The van der Waals surface area contributed by atoms with Gasteiger partial charge in [-0.05, 0) is 40.7 Å². The van der Waals surface area contributed by atoms with Gasteiger partial charge in [-0.25, -0.2) is 0 Å². The molecule has 1 atom stereocenters. The average Bonchev–Trinajstić information content (AvgIpc) is 2.56. The molecule has 1 aliphatic rings. The largest absolute Gasteiger partial charge is 0.490 e. The number of nitrogens with one attached hydrogen (secondary N) is 1. The number of ether oxygens (including phenoxy) is 2. The second kappa shape index (κ2) is 5.71. The van der Waals surface area contributed by atoms with Gasteiger partial charge in [-0.15, -0.1) is 0 Å². The number of aliphatic hydroxyl groups is 1. The first-order valence-corrected chi connectivity index (χ1v) is 6.42. The second-order valence-corrected chi connectivity index (χ2v) is 4.76. The molecule has 0 saturated carbocycles. The normalized spacial score (nSPS) is 16.4. The molecule has 2 rings (SSSR count). The summed E-state index contributed by atoms with van der Waals surface area (Å²) in [4.78, 5) is 0. The van der Waals surface area contributed by atoms with E-state index in [1.807, 2.05) is 19.2 Å². The number of fused-ring (bicyclic) bond motifs is 1. The van der Waals surface area contributed by atoms with Crippen LogP contribution in [0.2, 0.25) is 0 Å². The van der Waals surface area contributed by atoms with Gasteiger partial charge in [-0.2, -0.15) is 0 Å². The van der Waals surface area contributed by atoms with E-state index < -0.39 is 0 Å². The zero-order valence-electron chi connectivity index (χ0n) is 9.70. The van der Waals surface area contributed by atoms with Gasteiger partial charge in [0.05, 0.1) is 30.3 Å². The summed E-state index contributed by atoms with van der Waals surface area (Å²) >= 11 is 3.48. The van der Waals surface area contributed by atoms with E-state index in [-0.39, 0.29) is 12.6 Å². The maximum Gasteiger partial charge on any atom is 0.175 e. The van der Waals surface area contributed by atoms with Gasteiger partial charge in [0.1, 0.15) is 0 Å². The van der Waals surface area contributed by atoms with Gasteiger partial charge in [0, 0.05) is 6.42 Å². The predicted octanol–water partition coefficient (Wildman–Crippen LogP) is 1.86. The molecule has 0 amide bonds. The lowest BCUT2D eigenvalue weighted by atomic mass is 10.1. The lowest BCUT2D eigenvalue weighted by Crippen LogP contribution is -2.20. The van der Waals surface area contributed by atoms with Crippen molar-refractivity contribution in [2.75, 3.05) is 26.9 Å². The van der Waals surface area contributed by atoms with E-state index >= 15 is 0 Å². The monoisotopic (exact) mass is 301 g/mol. The van der Waals surface area contributed by atoms with Crippen LogP contribution in [0.4, 0.5) is 0 Å². The third kappa shape index (κ3) is 2.73. The Kier molecular flexibility index (Phi) is 4.25. The van der Waals surface area contributed by atoms with Crippen molar-refractivity contribution in [1.82, 2.24) is 5.32 Å². The molecular formula is C12H16BrNO3. The summed E-state index contributed by atoms with van der Waals surface area (Å²) in [5.74, 6) is 1.49. The molecule has 1 unspecified atom stereocenters. The Labute approximate surface area is 109 Å². The predicted molar refractivity (Wildman–Crippen MR) is 68.6 cm³/mol. The highest BCUT2D eigenvalue weighted by Crippen LogP contribution is 2.39. The molecule has 1 aromatic rings. The van der Waals surface area contributed by atoms with E-state index in [0.717, 1.165) is 28.0 Å². The van der Waals surface area contributed by atoms with E-state index in [4.69, 9.17) is 9.47 Å². The maximum absolute atomic E-state index is 9.28. The van der Waals surface area contributed by atoms with Crippen molar-refractivity contribution in [3.05, 3.63) is 22.2 Å². The van der Waals surface area contributed by atoms with Crippen molar-refractivity contribution in [3.63, 3.8) is 0 Å². The van der Waals surface area contributed by atoms with Gasteiger partial charge in [-0.3, -0.25) is 0 Å². The van der Waals surface area contributed by atoms with Crippen molar-refractivity contribution < 1.29 is 14.6 Å². The summed E-state index contributed by atoms with van der Waals surface area (Å²) in [7, 11) is 1.82. The Morgan fingerprint density at radius 1 is 1.41 bits per heavy atom. The average molecular weight is 302 g/mol. The van der Waals surface area contributed by atoms with Crippen LogP contribution in [0.25, 0.3) is 0 Å². The number of hydrogen-bond donors (Lipinski definition) is 2. The molecule has 0 spiro atoms. The van der Waals surface area contributed by atoms with E-state index in [1.54, 1.807) is 0 Å². The van der Waals surface area contributed by atoms with Gasteiger partial charge in [-0.1, -0.05) is 0 Å². The van der Waals surface area contributed by atoms with E-state index in [1.165, 1.54) is 0 Å². The molecule has 0 radical (unpaired) electrons. The Morgan fingerprint density at radius 2 is 2.18 bits per heavy atom. The van der Waals surface area contributed by atoms with Crippen molar-refractivity contribution in [3.8, 4) is 11.5 Å². The van der Waals surface area contributed by atoms with Crippen molar-refractivity contribution in [2.45, 2.75) is 12.5 Å². The number of hydrogen-bond acceptors (Lipinski definition) is 4. The Bertz CT molecular complexity index is 394. The van der Waals surface area contributed by atoms with Gasteiger partial charge < -0.3 is 19.9 Å². The van der Waals surface area contributed by atoms with Crippen LogP contribution in [0.3, 0.4) is 0 Å². The highest BCUT2D eigenvalue weighted by molar-refractivity contribution is 9.10. The van der Waals surface area contributed by atoms with Crippen LogP contribution in [0.15, 0.2) is 16.6 Å². The molecule has 5 heteroatoms. The number of rotatable bonds is 3. The fraction of sp³-hybridized carbons (Fsp3) is 0.500. The van der Waals surface area contributed by atoms with Gasteiger partial charge in [0.15, 0.2) is 11.5 Å².